The van der Waals surface area contributed by atoms with E-state index in [0.29, 0.717) is 0 Å². The van der Waals surface area contributed by atoms with Crippen molar-refractivity contribution in [1.29, 1.82) is 0 Å². The van der Waals surface area contributed by atoms with Crippen LogP contribution in [0.5, 0.6) is 0 Å². The molecule has 0 aliphatic heterocycles. The maximum Gasteiger partial charge on any atom is 0.318 e. The van der Waals surface area contributed by atoms with Crippen molar-refractivity contribution in [2.75, 3.05) is 17.7 Å². The van der Waals surface area contributed by atoms with E-state index >= 15 is 0 Å². The van der Waals surface area contributed by atoms with Crippen LogP contribution in [0.15, 0.2) is 53.0 Å². The molecule has 4 nitrogen and oxygen atoms in total. The van der Waals surface area contributed by atoms with Gasteiger partial charge in [0.05, 0.1) is 0 Å². The highest BCUT2D eigenvalue weighted by atomic mass is 79.9. The van der Waals surface area contributed by atoms with Crippen molar-refractivity contribution in [3.05, 3.63) is 58.6 Å². The standard InChI is InChI=1S/C16H18BrN3O/c1-11(12-3-5-13(17)6-4-12)19-14-7-9-15(10-8-14)20-16(21)18-2/h3-11,19H,1-2H3,(H2,18,20,21). The maximum absolute atomic E-state index is 11.2. The fourth-order valence-corrected chi connectivity index (χ4v) is 2.19. The third-order valence-electron chi connectivity index (χ3n) is 3.12. The number of carbonyl (C=O) groups is 1. The van der Waals surface area contributed by atoms with Gasteiger partial charge in [-0.2, -0.15) is 0 Å². The monoisotopic (exact) mass is 347 g/mol. The summed E-state index contributed by atoms with van der Waals surface area (Å²) < 4.78 is 1.07. The minimum Gasteiger partial charge on any atom is -0.379 e. The van der Waals surface area contributed by atoms with Gasteiger partial charge in [-0.15, -0.1) is 0 Å². The second-order valence-electron chi connectivity index (χ2n) is 4.70. The Kier molecular flexibility index (Phi) is 5.22. The molecule has 0 aliphatic carbocycles. The van der Waals surface area contributed by atoms with Crippen molar-refractivity contribution in [2.24, 2.45) is 0 Å². The zero-order valence-electron chi connectivity index (χ0n) is 12.0. The predicted molar refractivity (Wildman–Crippen MR) is 90.7 cm³/mol. The van der Waals surface area contributed by atoms with Crippen molar-refractivity contribution in [3.63, 3.8) is 0 Å². The zero-order valence-corrected chi connectivity index (χ0v) is 13.6. The molecule has 2 rings (SSSR count). The highest BCUT2D eigenvalue weighted by Crippen LogP contribution is 2.22. The lowest BCUT2D eigenvalue weighted by molar-refractivity contribution is 0.254. The highest BCUT2D eigenvalue weighted by Gasteiger charge is 2.05. The Balaban J connectivity index is 1.99. The van der Waals surface area contributed by atoms with E-state index in [1.54, 1.807) is 7.05 Å². The molecule has 0 heterocycles. The molecule has 2 amide bonds. The van der Waals surface area contributed by atoms with E-state index in [0.717, 1.165) is 15.8 Å². The van der Waals surface area contributed by atoms with Crippen molar-refractivity contribution in [2.45, 2.75) is 13.0 Å². The molecule has 0 saturated carbocycles. The van der Waals surface area contributed by atoms with Crippen LogP contribution < -0.4 is 16.0 Å². The van der Waals surface area contributed by atoms with Gasteiger partial charge in [0.2, 0.25) is 0 Å². The SMILES string of the molecule is CNC(=O)Nc1ccc(NC(C)c2ccc(Br)cc2)cc1. The molecule has 1 unspecified atom stereocenters. The molecule has 1 atom stereocenters. The number of urea groups is 1. The van der Waals surface area contributed by atoms with E-state index in [4.69, 9.17) is 0 Å². The average Bonchev–Trinajstić information content (AvgIpc) is 2.49. The Labute approximate surface area is 133 Å². The maximum atomic E-state index is 11.2. The number of anilines is 2. The number of amides is 2. The fourth-order valence-electron chi connectivity index (χ4n) is 1.93. The van der Waals surface area contributed by atoms with Crippen LogP contribution in [0.1, 0.15) is 18.5 Å². The Morgan fingerprint density at radius 1 is 1.00 bits per heavy atom. The molecule has 2 aromatic rings. The highest BCUT2D eigenvalue weighted by molar-refractivity contribution is 9.10. The van der Waals surface area contributed by atoms with Crippen LogP contribution in [0.3, 0.4) is 0 Å². The summed E-state index contributed by atoms with van der Waals surface area (Å²) >= 11 is 3.43. The second-order valence-corrected chi connectivity index (χ2v) is 5.61. The summed E-state index contributed by atoms with van der Waals surface area (Å²) in [6.07, 6.45) is 0. The van der Waals surface area contributed by atoms with Gasteiger partial charge in [-0.3, -0.25) is 0 Å². The number of rotatable bonds is 4. The first-order valence-electron chi connectivity index (χ1n) is 6.69. The van der Waals surface area contributed by atoms with E-state index < -0.39 is 0 Å². The van der Waals surface area contributed by atoms with Crippen molar-refractivity contribution in [1.82, 2.24) is 5.32 Å². The minimum absolute atomic E-state index is 0.204. The van der Waals surface area contributed by atoms with Gasteiger partial charge in [-0.1, -0.05) is 28.1 Å². The van der Waals surface area contributed by atoms with Crippen LogP contribution in [0.2, 0.25) is 0 Å². The topological polar surface area (TPSA) is 53.2 Å². The largest absolute Gasteiger partial charge is 0.379 e. The molecule has 110 valence electrons. The smallest absolute Gasteiger partial charge is 0.318 e. The second kappa shape index (κ2) is 7.13. The molecular weight excluding hydrogens is 330 g/mol. The summed E-state index contributed by atoms with van der Waals surface area (Å²) in [7, 11) is 1.59. The summed E-state index contributed by atoms with van der Waals surface area (Å²) in [5, 5.41) is 8.67. The molecule has 0 radical (unpaired) electrons. The van der Waals surface area contributed by atoms with E-state index in [-0.39, 0.29) is 12.1 Å². The van der Waals surface area contributed by atoms with Crippen molar-refractivity contribution in [3.8, 4) is 0 Å². The van der Waals surface area contributed by atoms with Gasteiger partial charge in [-0.05, 0) is 48.9 Å². The van der Waals surface area contributed by atoms with Gasteiger partial charge in [0, 0.05) is 28.9 Å². The number of hydrogen-bond acceptors (Lipinski definition) is 2. The third-order valence-corrected chi connectivity index (χ3v) is 3.65. The molecule has 0 spiro atoms. The lowest BCUT2D eigenvalue weighted by atomic mass is 10.1. The molecule has 3 N–H and O–H groups in total. The lowest BCUT2D eigenvalue weighted by Crippen LogP contribution is -2.24. The van der Waals surface area contributed by atoms with Crippen LogP contribution in [-0.2, 0) is 0 Å². The van der Waals surface area contributed by atoms with Gasteiger partial charge < -0.3 is 16.0 Å². The first kappa shape index (κ1) is 15.4. The number of nitrogens with one attached hydrogen (secondary N) is 3. The van der Waals surface area contributed by atoms with Crippen molar-refractivity contribution >= 4 is 33.3 Å². The van der Waals surface area contributed by atoms with Gasteiger partial charge in [0.25, 0.3) is 0 Å². The lowest BCUT2D eigenvalue weighted by Gasteiger charge is -2.16. The number of halogens is 1. The molecule has 21 heavy (non-hydrogen) atoms. The van der Waals surface area contributed by atoms with Gasteiger partial charge in [-0.25, -0.2) is 4.79 Å². The third kappa shape index (κ3) is 4.49. The van der Waals surface area contributed by atoms with E-state index in [1.807, 2.05) is 36.4 Å². The average molecular weight is 348 g/mol. The Bertz CT molecular complexity index is 596. The molecule has 0 fully saturated rings. The van der Waals surface area contributed by atoms with Gasteiger partial charge in [0.1, 0.15) is 0 Å². The molecule has 5 heteroatoms. The zero-order chi connectivity index (χ0) is 15.2. The molecule has 0 aromatic heterocycles. The van der Waals surface area contributed by atoms with E-state index in [1.165, 1.54) is 5.56 Å². The number of hydrogen-bond donors (Lipinski definition) is 3. The summed E-state index contributed by atoms with van der Waals surface area (Å²) in [6.45, 7) is 2.11. The summed E-state index contributed by atoms with van der Waals surface area (Å²) in [5.41, 5.74) is 2.98. The van der Waals surface area contributed by atoms with Gasteiger partial charge >= 0.3 is 6.03 Å². The van der Waals surface area contributed by atoms with Crippen LogP contribution in [0.25, 0.3) is 0 Å². The molecule has 0 bridgehead atoms. The van der Waals surface area contributed by atoms with Crippen molar-refractivity contribution < 1.29 is 4.79 Å². The predicted octanol–water partition coefficient (Wildman–Crippen LogP) is 4.37. The molecule has 2 aromatic carbocycles. The summed E-state index contributed by atoms with van der Waals surface area (Å²) in [5.74, 6) is 0. The van der Waals surface area contributed by atoms with E-state index in [9.17, 15) is 4.79 Å². The first-order valence-corrected chi connectivity index (χ1v) is 7.48. The van der Waals surface area contributed by atoms with Crippen LogP contribution in [-0.4, -0.2) is 13.1 Å². The Morgan fingerprint density at radius 2 is 1.57 bits per heavy atom. The normalized spacial score (nSPS) is 11.6. The quantitative estimate of drug-likeness (QED) is 0.768. The molecule has 0 saturated heterocycles. The Hall–Kier alpha value is -2.01. The van der Waals surface area contributed by atoms with Crippen LogP contribution in [0, 0.1) is 0 Å². The summed E-state index contributed by atoms with van der Waals surface area (Å²) in [6, 6.07) is 15.8. The molecule has 0 aliphatic rings. The number of benzene rings is 2. The minimum atomic E-state index is -0.223. The van der Waals surface area contributed by atoms with Gasteiger partial charge in [0.15, 0.2) is 0 Å². The summed E-state index contributed by atoms with van der Waals surface area (Å²) in [4.78, 5) is 11.2. The number of carbonyl (C=O) groups excluding carboxylic acids is 1. The van der Waals surface area contributed by atoms with Crippen LogP contribution in [0.4, 0.5) is 16.2 Å². The Morgan fingerprint density at radius 3 is 2.14 bits per heavy atom. The molecular formula is C16H18BrN3O. The van der Waals surface area contributed by atoms with E-state index in [2.05, 4.69) is 50.9 Å². The van der Waals surface area contributed by atoms with Crippen LogP contribution >= 0.6 is 15.9 Å². The first-order chi connectivity index (χ1) is 10.1. The fraction of sp³-hybridized carbons (Fsp3) is 0.188.